The van der Waals surface area contributed by atoms with Crippen molar-refractivity contribution in [2.75, 3.05) is 25.5 Å². The molecule has 0 spiro atoms. The van der Waals surface area contributed by atoms with Crippen molar-refractivity contribution in [3.8, 4) is 11.1 Å². The molecule has 2 amide bonds. The van der Waals surface area contributed by atoms with Gasteiger partial charge in [0.25, 0.3) is 5.91 Å². The third kappa shape index (κ3) is 8.25. The number of rotatable bonds is 14. The fourth-order valence-corrected chi connectivity index (χ4v) is 7.11. The van der Waals surface area contributed by atoms with Gasteiger partial charge in [0.05, 0.1) is 23.5 Å². The summed E-state index contributed by atoms with van der Waals surface area (Å²) in [4.78, 5) is 50.5. The van der Waals surface area contributed by atoms with Crippen molar-refractivity contribution in [2.24, 2.45) is 16.9 Å². The molecule has 0 bridgehead atoms. The van der Waals surface area contributed by atoms with Gasteiger partial charge in [0, 0.05) is 41.3 Å². The van der Waals surface area contributed by atoms with Crippen LogP contribution in [0.25, 0.3) is 22.0 Å². The third-order valence-corrected chi connectivity index (χ3v) is 9.56. The summed E-state index contributed by atoms with van der Waals surface area (Å²) in [6.07, 6.45) is 6.36. The second kappa shape index (κ2) is 15.3. The smallest absolute Gasteiger partial charge is 0.307 e. The van der Waals surface area contributed by atoms with Gasteiger partial charge in [-0.05, 0) is 87.7 Å². The average Bonchev–Trinajstić information content (AvgIpc) is 3.37. The van der Waals surface area contributed by atoms with E-state index >= 15 is 0 Å². The summed E-state index contributed by atoms with van der Waals surface area (Å²) >= 11 is 0. The van der Waals surface area contributed by atoms with E-state index in [-0.39, 0.29) is 48.3 Å². The highest BCUT2D eigenvalue weighted by Gasteiger charge is 2.35. The first kappa shape index (κ1) is 35.1. The van der Waals surface area contributed by atoms with Crippen LogP contribution in [0.2, 0.25) is 0 Å². The SMILES string of the molecule is CNCCCC[C@H](N)C(=O)NCCC(=O)O[C@H]1CC[C@H](Nc2cc(-c3c4n(c5ccccc35)C(=O)CC(C)(C)C4)ccc2C(N)=O)CC1. The summed E-state index contributed by atoms with van der Waals surface area (Å²) in [5, 5.41) is 10.4. The van der Waals surface area contributed by atoms with Crippen molar-refractivity contribution in [2.45, 2.75) is 96.2 Å². The van der Waals surface area contributed by atoms with Crippen LogP contribution in [0.15, 0.2) is 42.5 Å². The van der Waals surface area contributed by atoms with Gasteiger partial charge in [0.15, 0.2) is 0 Å². The standard InChI is InChI=1S/C37H50N6O5/c1-37(2)21-31-34(27-8-4-5-10-30(27)43(31)32(44)22-37)23-11-16-26(35(39)46)29(20-23)42-24-12-14-25(15-13-24)48-33(45)17-19-41-36(47)28(38)9-6-7-18-40-3/h4-5,8,10-11,16,20,24-25,28,40,42H,6-7,9,12-15,17-19,21-22,38H2,1-3H3,(H2,39,46)(H,41,47)/t24-,25-,28-/m0/s1. The highest BCUT2D eigenvalue weighted by molar-refractivity contribution is 6.06. The fraction of sp³-hybridized carbons (Fsp3) is 0.514. The summed E-state index contributed by atoms with van der Waals surface area (Å²) in [6.45, 7) is 5.32. The average molecular weight is 659 g/mol. The fourth-order valence-electron chi connectivity index (χ4n) is 7.11. The molecule has 1 aromatic heterocycles. The van der Waals surface area contributed by atoms with E-state index in [2.05, 4.69) is 29.8 Å². The maximum Gasteiger partial charge on any atom is 0.307 e. The molecule has 1 aliphatic heterocycles. The maximum atomic E-state index is 13.3. The zero-order valence-corrected chi connectivity index (χ0v) is 28.4. The van der Waals surface area contributed by atoms with Crippen LogP contribution in [0.5, 0.6) is 0 Å². The molecule has 11 heteroatoms. The number of hydrogen-bond acceptors (Lipinski definition) is 8. The Labute approximate surface area is 282 Å². The summed E-state index contributed by atoms with van der Waals surface area (Å²) < 4.78 is 7.58. The number of carbonyl (C=O) groups excluding carboxylic acids is 4. The van der Waals surface area contributed by atoms with Crippen LogP contribution in [0.4, 0.5) is 5.69 Å². The van der Waals surface area contributed by atoms with E-state index in [1.165, 1.54) is 0 Å². The topological polar surface area (TPSA) is 171 Å². The van der Waals surface area contributed by atoms with Gasteiger partial charge in [-0.1, -0.05) is 44.5 Å². The van der Waals surface area contributed by atoms with Crippen LogP contribution in [-0.4, -0.2) is 66.6 Å². The zero-order chi connectivity index (χ0) is 34.4. The van der Waals surface area contributed by atoms with Crippen LogP contribution in [0.3, 0.4) is 0 Å². The molecule has 7 N–H and O–H groups in total. The number of esters is 1. The second-order valence-corrected chi connectivity index (χ2v) is 14.1. The van der Waals surface area contributed by atoms with Crippen LogP contribution in [0.1, 0.15) is 92.5 Å². The molecule has 258 valence electrons. The van der Waals surface area contributed by atoms with Crippen LogP contribution < -0.4 is 27.4 Å². The highest BCUT2D eigenvalue weighted by Crippen LogP contribution is 2.43. The number of carbonyl (C=O) groups is 4. The maximum absolute atomic E-state index is 13.3. The molecule has 2 heterocycles. The van der Waals surface area contributed by atoms with E-state index < -0.39 is 11.9 Å². The van der Waals surface area contributed by atoms with Crippen molar-refractivity contribution >= 4 is 40.3 Å². The Kier molecular flexibility index (Phi) is 11.2. The molecule has 11 nitrogen and oxygen atoms in total. The van der Waals surface area contributed by atoms with Gasteiger partial charge >= 0.3 is 5.97 Å². The first-order valence-electron chi connectivity index (χ1n) is 17.2. The summed E-state index contributed by atoms with van der Waals surface area (Å²) in [5.74, 6) is -1.02. The molecule has 48 heavy (non-hydrogen) atoms. The van der Waals surface area contributed by atoms with Gasteiger partial charge in [-0.25, -0.2) is 0 Å². The first-order chi connectivity index (χ1) is 23.0. The van der Waals surface area contributed by atoms with Gasteiger partial charge < -0.3 is 32.2 Å². The quantitative estimate of drug-likeness (QED) is 0.124. The Morgan fingerprint density at radius 1 is 1.02 bits per heavy atom. The molecule has 1 fully saturated rings. The lowest BCUT2D eigenvalue weighted by molar-refractivity contribution is -0.150. The lowest BCUT2D eigenvalue weighted by Crippen LogP contribution is -2.41. The number of para-hydroxylation sites is 1. The van der Waals surface area contributed by atoms with E-state index in [0.29, 0.717) is 36.9 Å². The number of nitrogens with one attached hydrogen (secondary N) is 3. The molecule has 1 atom stereocenters. The van der Waals surface area contributed by atoms with Crippen molar-refractivity contribution in [1.82, 2.24) is 15.2 Å². The van der Waals surface area contributed by atoms with Crippen molar-refractivity contribution in [3.63, 3.8) is 0 Å². The minimum absolute atomic E-state index is 0.0578. The van der Waals surface area contributed by atoms with Crippen molar-refractivity contribution < 1.29 is 23.9 Å². The number of anilines is 1. The van der Waals surface area contributed by atoms with E-state index in [0.717, 1.165) is 66.4 Å². The monoisotopic (exact) mass is 658 g/mol. The zero-order valence-electron chi connectivity index (χ0n) is 28.4. The number of fused-ring (bicyclic) bond motifs is 3. The number of hydrogen-bond donors (Lipinski definition) is 5. The molecule has 5 rings (SSSR count). The van der Waals surface area contributed by atoms with E-state index in [4.69, 9.17) is 16.2 Å². The molecule has 2 aromatic carbocycles. The lowest BCUT2D eigenvalue weighted by atomic mass is 9.80. The third-order valence-electron chi connectivity index (χ3n) is 9.56. The van der Waals surface area contributed by atoms with Crippen molar-refractivity contribution in [3.05, 3.63) is 53.7 Å². The number of nitrogens with two attached hydrogens (primary N) is 2. The van der Waals surface area contributed by atoms with Gasteiger partial charge in [0.1, 0.15) is 6.10 Å². The number of nitrogens with zero attached hydrogens (tertiary/aromatic N) is 1. The number of primary amides is 1. The summed E-state index contributed by atoms with van der Waals surface area (Å²) in [6, 6.07) is 13.1. The Balaban J connectivity index is 1.20. The predicted molar refractivity (Wildman–Crippen MR) is 188 cm³/mol. The van der Waals surface area contributed by atoms with Crippen LogP contribution in [-0.2, 0) is 20.7 Å². The number of amides is 2. The Morgan fingerprint density at radius 2 is 1.77 bits per heavy atom. The normalized spacial score (nSPS) is 19.4. The number of unbranched alkanes of at least 4 members (excludes halogenated alkanes) is 1. The molecule has 3 aromatic rings. The molecule has 1 aliphatic carbocycles. The Morgan fingerprint density at radius 3 is 2.50 bits per heavy atom. The molecular formula is C37H50N6O5. The Bertz CT molecular complexity index is 1660. The van der Waals surface area contributed by atoms with Gasteiger partial charge in [-0.3, -0.25) is 23.7 Å². The van der Waals surface area contributed by atoms with E-state index in [1.807, 2.05) is 48.0 Å². The summed E-state index contributed by atoms with van der Waals surface area (Å²) in [5.41, 5.74) is 16.5. The molecule has 1 saturated carbocycles. The highest BCUT2D eigenvalue weighted by atomic mass is 16.5. The van der Waals surface area contributed by atoms with Gasteiger partial charge in [-0.2, -0.15) is 0 Å². The van der Waals surface area contributed by atoms with Gasteiger partial charge in [0.2, 0.25) is 11.8 Å². The molecule has 0 unspecified atom stereocenters. The molecule has 2 aliphatic rings. The molecular weight excluding hydrogens is 608 g/mol. The van der Waals surface area contributed by atoms with Crippen LogP contribution >= 0.6 is 0 Å². The van der Waals surface area contributed by atoms with Crippen LogP contribution in [0, 0.1) is 5.41 Å². The summed E-state index contributed by atoms with van der Waals surface area (Å²) in [7, 11) is 1.89. The van der Waals surface area contributed by atoms with E-state index in [1.54, 1.807) is 6.07 Å². The number of ether oxygens (including phenoxy) is 1. The largest absolute Gasteiger partial charge is 0.462 e. The molecule has 0 saturated heterocycles. The minimum atomic E-state index is -0.582. The first-order valence-corrected chi connectivity index (χ1v) is 17.2. The van der Waals surface area contributed by atoms with E-state index in [9.17, 15) is 19.2 Å². The second-order valence-electron chi connectivity index (χ2n) is 14.1. The van der Waals surface area contributed by atoms with Gasteiger partial charge in [-0.15, -0.1) is 0 Å². The number of benzene rings is 2. The van der Waals surface area contributed by atoms with Crippen molar-refractivity contribution in [1.29, 1.82) is 0 Å². The predicted octanol–water partition coefficient (Wildman–Crippen LogP) is 4.51. The number of aromatic nitrogens is 1. The molecule has 0 radical (unpaired) electrons. The Hall–Kier alpha value is -4.22. The minimum Gasteiger partial charge on any atom is -0.462 e. The lowest BCUT2D eigenvalue weighted by Gasteiger charge is -2.31.